The average molecular weight is 338 g/mol. The van der Waals surface area contributed by atoms with Crippen molar-refractivity contribution in [1.82, 2.24) is 0 Å². The molecule has 0 saturated carbocycles. The van der Waals surface area contributed by atoms with E-state index in [0.29, 0.717) is 12.1 Å². The number of rotatable bonds is 3. The quantitative estimate of drug-likeness (QED) is 0.860. The highest BCUT2D eigenvalue weighted by atomic mass is 35.7. The van der Waals surface area contributed by atoms with Gasteiger partial charge in [-0.2, -0.15) is 0 Å². The van der Waals surface area contributed by atoms with Crippen LogP contribution in [0.4, 0.5) is 5.69 Å². The van der Waals surface area contributed by atoms with Gasteiger partial charge >= 0.3 is 0 Å². The maximum Gasteiger partial charge on any atom is 0.262 e. The van der Waals surface area contributed by atoms with E-state index in [9.17, 15) is 13.2 Å². The third-order valence-electron chi connectivity index (χ3n) is 2.99. The molecule has 1 aromatic carbocycles. The Hall–Kier alpha value is -0.820. The zero-order chi connectivity index (χ0) is 14.9. The lowest BCUT2D eigenvalue weighted by Crippen LogP contribution is -2.27. The van der Waals surface area contributed by atoms with Crippen molar-refractivity contribution in [3.63, 3.8) is 0 Å². The lowest BCUT2D eigenvalue weighted by atomic mass is 10.2. The number of ether oxygens (including phenoxy) is 1. The number of halogens is 2. The Bertz CT molecular complexity index is 632. The molecule has 0 spiro atoms. The number of amides is 1. The van der Waals surface area contributed by atoms with Crippen LogP contribution in [0, 0.1) is 0 Å². The molecule has 0 aromatic heterocycles. The van der Waals surface area contributed by atoms with Crippen molar-refractivity contribution < 1.29 is 17.9 Å². The Morgan fingerprint density at radius 1 is 1.40 bits per heavy atom. The smallest absolute Gasteiger partial charge is 0.262 e. The van der Waals surface area contributed by atoms with Crippen molar-refractivity contribution in [2.75, 3.05) is 5.32 Å². The summed E-state index contributed by atoms with van der Waals surface area (Å²) in [5.74, 6) is -0.271. The normalized spacial score (nSPS) is 22.8. The Morgan fingerprint density at radius 2 is 2.10 bits per heavy atom. The van der Waals surface area contributed by atoms with Gasteiger partial charge in [0.1, 0.15) is 11.0 Å². The van der Waals surface area contributed by atoms with E-state index < -0.39 is 15.2 Å². The van der Waals surface area contributed by atoms with Gasteiger partial charge in [-0.15, -0.1) is 0 Å². The van der Waals surface area contributed by atoms with Crippen LogP contribution < -0.4 is 5.32 Å². The maximum atomic E-state index is 11.9. The van der Waals surface area contributed by atoms with Gasteiger partial charge in [-0.25, -0.2) is 8.42 Å². The highest BCUT2D eigenvalue weighted by Gasteiger charge is 2.28. The number of carbonyl (C=O) groups is 1. The zero-order valence-corrected chi connectivity index (χ0v) is 12.9. The van der Waals surface area contributed by atoms with Crippen LogP contribution in [0.2, 0.25) is 5.02 Å². The van der Waals surface area contributed by atoms with Crippen LogP contribution in [0.5, 0.6) is 0 Å². The van der Waals surface area contributed by atoms with Gasteiger partial charge in [-0.05, 0) is 38.0 Å². The number of nitrogens with one attached hydrogen (secondary N) is 1. The molecule has 0 aliphatic carbocycles. The summed E-state index contributed by atoms with van der Waals surface area (Å²) in [7, 11) is 1.32. The molecule has 0 radical (unpaired) electrons. The van der Waals surface area contributed by atoms with E-state index in [1.165, 1.54) is 18.2 Å². The monoisotopic (exact) mass is 337 g/mol. The molecule has 0 bridgehead atoms. The van der Waals surface area contributed by atoms with Crippen LogP contribution >= 0.6 is 22.3 Å². The Labute approximate surface area is 126 Å². The Morgan fingerprint density at radius 3 is 2.60 bits per heavy atom. The molecule has 1 fully saturated rings. The Kier molecular flexibility index (Phi) is 4.59. The van der Waals surface area contributed by atoms with Crippen LogP contribution in [0.25, 0.3) is 0 Å². The first-order chi connectivity index (χ1) is 9.27. The fourth-order valence-corrected chi connectivity index (χ4v) is 3.52. The average Bonchev–Trinajstić information content (AvgIpc) is 2.74. The second-order valence-corrected chi connectivity index (χ2v) is 7.53. The number of hydrogen-bond acceptors (Lipinski definition) is 4. The minimum Gasteiger partial charge on any atom is -0.365 e. The van der Waals surface area contributed by atoms with Gasteiger partial charge in [0.05, 0.1) is 11.1 Å². The molecule has 20 heavy (non-hydrogen) atoms. The predicted octanol–water partition coefficient (Wildman–Crippen LogP) is 2.77. The summed E-state index contributed by atoms with van der Waals surface area (Å²) < 4.78 is 27.9. The van der Waals surface area contributed by atoms with Gasteiger partial charge in [-0.1, -0.05) is 11.6 Å². The molecule has 2 unspecified atom stereocenters. The SMILES string of the molecule is CC1CCC(C(=O)Nc2ccc(S(=O)(=O)Cl)c(Cl)c2)O1. The molecule has 5 nitrogen and oxygen atoms in total. The van der Waals surface area contributed by atoms with Crippen LogP contribution in [-0.4, -0.2) is 26.5 Å². The summed E-state index contributed by atoms with van der Waals surface area (Å²) in [6, 6.07) is 4.02. The third kappa shape index (κ3) is 3.63. The summed E-state index contributed by atoms with van der Waals surface area (Å²) in [4.78, 5) is 11.7. The summed E-state index contributed by atoms with van der Waals surface area (Å²) in [6.07, 6.45) is 1.08. The standard InChI is InChI=1S/C12H13Cl2NO4S/c1-7-2-4-10(19-7)12(16)15-8-3-5-11(9(13)6-8)20(14,17)18/h3,5-7,10H,2,4H2,1H3,(H,15,16). The highest BCUT2D eigenvalue weighted by Crippen LogP contribution is 2.28. The number of hydrogen-bond donors (Lipinski definition) is 1. The fourth-order valence-electron chi connectivity index (χ4n) is 1.99. The van der Waals surface area contributed by atoms with E-state index in [-0.39, 0.29) is 21.9 Å². The van der Waals surface area contributed by atoms with E-state index >= 15 is 0 Å². The molecule has 1 aromatic rings. The number of carbonyl (C=O) groups excluding carboxylic acids is 1. The largest absolute Gasteiger partial charge is 0.365 e. The summed E-state index contributed by atoms with van der Waals surface area (Å²) in [5.41, 5.74) is 0.396. The topological polar surface area (TPSA) is 72.5 Å². The molecule has 1 amide bonds. The van der Waals surface area contributed by atoms with Crippen LogP contribution in [-0.2, 0) is 18.6 Å². The first kappa shape index (κ1) is 15.6. The van der Waals surface area contributed by atoms with Gasteiger partial charge in [0.15, 0.2) is 0 Å². The molecule has 1 aliphatic heterocycles. The predicted molar refractivity (Wildman–Crippen MR) is 76.7 cm³/mol. The molecule has 1 heterocycles. The van der Waals surface area contributed by atoms with Crippen molar-refractivity contribution in [2.45, 2.75) is 36.9 Å². The van der Waals surface area contributed by atoms with Gasteiger partial charge in [0, 0.05) is 16.4 Å². The van der Waals surface area contributed by atoms with Crippen molar-refractivity contribution >= 4 is 42.9 Å². The summed E-state index contributed by atoms with van der Waals surface area (Å²) >= 11 is 5.83. The molecule has 2 rings (SSSR count). The molecule has 1 N–H and O–H groups in total. The van der Waals surface area contributed by atoms with E-state index in [2.05, 4.69) is 5.32 Å². The van der Waals surface area contributed by atoms with Crippen molar-refractivity contribution in [1.29, 1.82) is 0 Å². The lowest BCUT2D eigenvalue weighted by molar-refractivity contribution is -0.126. The number of benzene rings is 1. The number of anilines is 1. The van der Waals surface area contributed by atoms with Crippen LogP contribution in [0.3, 0.4) is 0 Å². The van der Waals surface area contributed by atoms with Crippen molar-refractivity contribution in [3.8, 4) is 0 Å². The van der Waals surface area contributed by atoms with Gasteiger partial charge in [0.2, 0.25) is 0 Å². The second kappa shape index (κ2) is 5.89. The van der Waals surface area contributed by atoms with E-state index in [1.54, 1.807) is 0 Å². The summed E-state index contributed by atoms with van der Waals surface area (Å²) in [6.45, 7) is 1.91. The minimum atomic E-state index is -3.90. The van der Waals surface area contributed by atoms with Gasteiger partial charge in [0.25, 0.3) is 15.0 Å². The van der Waals surface area contributed by atoms with E-state index in [1.807, 2.05) is 6.92 Å². The first-order valence-electron chi connectivity index (χ1n) is 5.98. The van der Waals surface area contributed by atoms with Gasteiger partial charge < -0.3 is 10.1 Å². The molecule has 1 aliphatic rings. The molecular weight excluding hydrogens is 325 g/mol. The molecule has 1 saturated heterocycles. The zero-order valence-electron chi connectivity index (χ0n) is 10.6. The molecular formula is C12H13Cl2NO4S. The maximum absolute atomic E-state index is 11.9. The fraction of sp³-hybridized carbons (Fsp3) is 0.417. The highest BCUT2D eigenvalue weighted by molar-refractivity contribution is 8.13. The minimum absolute atomic E-state index is 0.0430. The van der Waals surface area contributed by atoms with E-state index in [4.69, 9.17) is 27.0 Å². The molecule has 110 valence electrons. The van der Waals surface area contributed by atoms with E-state index in [0.717, 1.165) is 6.42 Å². The van der Waals surface area contributed by atoms with Crippen LogP contribution in [0.1, 0.15) is 19.8 Å². The third-order valence-corrected chi connectivity index (χ3v) is 4.79. The summed E-state index contributed by atoms with van der Waals surface area (Å²) in [5, 5.41) is 2.59. The van der Waals surface area contributed by atoms with Crippen LogP contribution in [0.15, 0.2) is 23.1 Å². The molecule has 8 heteroatoms. The first-order valence-corrected chi connectivity index (χ1v) is 8.66. The van der Waals surface area contributed by atoms with Crippen molar-refractivity contribution in [2.24, 2.45) is 0 Å². The molecule has 2 atom stereocenters. The Balaban J connectivity index is 2.11. The van der Waals surface area contributed by atoms with Crippen molar-refractivity contribution in [3.05, 3.63) is 23.2 Å². The van der Waals surface area contributed by atoms with Gasteiger partial charge in [-0.3, -0.25) is 4.79 Å². The second-order valence-electron chi connectivity index (χ2n) is 4.58. The lowest BCUT2D eigenvalue weighted by Gasteiger charge is -2.12.